The van der Waals surface area contributed by atoms with Crippen molar-refractivity contribution in [2.45, 2.75) is 83.3 Å². The zero-order valence-corrected chi connectivity index (χ0v) is 26.3. The number of anilines is 1. The second kappa shape index (κ2) is 13.7. The number of aryl methyl sites for hydroxylation is 2. The molecule has 1 aliphatic carbocycles. The molecule has 0 heterocycles. The molecule has 0 aromatic heterocycles. The number of nitrogens with zero attached hydrogens (tertiary/aromatic N) is 2. The van der Waals surface area contributed by atoms with Gasteiger partial charge in [-0.05, 0) is 81.0 Å². The van der Waals surface area contributed by atoms with Crippen LogP contribution >= 0.6 is 11.6 Å². The normalized spacial score (nSPS) is 14.4. The van der Waals surface area contributed by atoms with Gasteiger partial charge in [0.2, 0.25) is 11.8 Å². The first-order chi connectivity index (χ1) is 20.0. The lowest BCUT2D eigenvalue weighted by atomic mass is 10.1. The smallest absolute Gasteiger partial charge is 0.264 e. The number of carbonyl (C=O) groups is 2. The molecule has 1 aliphatic rings. The Morgan fingerprint density at radius 2 is 1.62 bits per heavy atom. The average Bonchev–Trinajstić information content (AvgIpc) is 3.47. The van der Waals surface area contributed by atoms with Crippen LogP contribution in [0.15, 0.2) is 71.6 Å². The molecule has 4 rings (SSSR count). The van der Waals surface area contributed by atoms with E-state index in [1.165, 1.54) is 17.0 Å². The largest absolute Gasteiger partial charge is 0.352 e. The van der Waals surface area contributed by atoms with Gasteiger partial charge in [-0.2, -0.15) is 0 Å². The first-order valence-electron chi connectivity index (χ1n) is 14.5. The molecule has 0 radical (unpaired) electrons. The van der Waals surface area contributed by atoms with Crippen molar-refractivity contribution in [3.05, 3.63) is 94.0 Å². The van der Waals surface area contributed by atoms with E-state index < -0.39 is 28.5 Å². The Morgan fingerprint density at radius 1 is 0.952 bits per heavy atom. The molecule has 0 bridgehead atoms. The van der Waals surface area contributed by atoms with Crippen LogP contribution in [-0.4, -0.2) is 43.8 Å². The molecule has 1 atom stereocenters. The van der Waals surface area contributed by atoms with Gasteiger partial charge < -0.3 is 10.2 Å². The van der Waals surface area contributed by atoms with Gasteiger partial charge >= 0.3 is 0 Å². The van der Waals surface area contributed by atoms with E-state index in [-0.39, 0.29) is 23.4 Å². The summed E-state index contributed by atoms with van der Waals surface area (Å²) in [6, 6.07) is 18.6. The first-order valence-corrected chi connectivity index (χ1v) is 16.3. The van der Waals surface area contributed by atoms with Crippen LogP contribution in [-0.2, 0) is 26.2 Å². The molecule has 0 unspecified atom stereocenters. The lowest BCUT2D eigenvalue weighted by molar-refractivity contribution is -0.140. The third kappa shape index (κ3) is 7.16. The highest BCUT2D eigenvalue weighted by Crippen LogP contribution is 2.31. The highest BCUT2D eigenvalue weighted by atomic mass is 35.5. The number of carbonyl (C=O) groups excluding carboxylic acids is 2. The van der Waals surface area contributed by atoms with Crippen molar-refractivity contribution in [3.8, 4) is 0 Å². The van der Waals surface area contributed by atoms with Gasteiger partial charge in [0.25, 0.3) is 10.0 Å². The zero-order valence-electron chi connectivity index (χ0n) is 24.8. The maximum Gasteiger partial charge on any atom is 0.264 e. The van der Waals surface area contributed by atoms with Gasteiger partial charge in [-0.1, -0.05) is 79.4 Å². The highest BCUT2D eigenvalue weighted by molar-refractivity contribution is 7.92. The van der Waals surface area contributed by atoms with Gasteiger partial charge in [0.05, 0.1) is 10.6 Å². The minimum atomic E-state index is -4.16. The van der Waals surface area contributed by atoms with Crippen LogP contribution in [0.4, 0.5) is 5.69 Å². The molecular formula is C33H40ClN3O4S. The van der Waals surface area contributed by atoms with Gasteiger partial charge in [-0.3, -0.25) is 13.9 Å². The van der Waals surface area contributed by atoms with Crippen molar-refractivity contribution in [2.75, 3.05) is 10.8 Å². The fourth-order valence-electron chi connectivity index (χ4n) is 5.48. The van der Waals surface area contributed by atoms with Crippen molar-refractivity contribution < 1.29 is 18.0 Å². The lowest BCUT2D eigenvalue weighted by Gasteiger charge is -2.34. The summed E-state index contributed by atoms with van der Waals surface area (Å²) >= 11 is 6.42. The summed E-state index contributed by atoms with van der Waals surface area (Å²) in [6.07, 6.45) is 4.36. The monoisotopic (exact) mass is 609 g/mol. The first kappa shape index (κ1) is 31.6. The van der Waals surface area contributed by atoms with Crippen molar-refractivity contribution in [3.63, 3.8) is 0 Å². The highest BCUT2D eigenvalue weighted by Gasteiger charge is 2.35. The fourth-order valence-corrected chi connectivity index (χ4v) is 7.12. The van der Waals surface area contributed by atoms with E-state index in [4.69, 9.17) is 11.6 Å². The van der Waals surface area contributed by atoms with Gasteiger partial charge in [-0.15, -0.1) is 0 Å². The van der Waals surface area contributed by atoms with Crippen LogP contribution in [0.1, 0.15) is 61.3 Å². The van der Waals surface area contributed by atoms with Gasteiger partial charge in [0, 0.05) is 17.6 Å². The molecule has 9 heteroatoms. The van der Waals surface area contributed by atoms with Crippen molar-refractivity contribution >= 4 is 39.1 Å². The van der Waals surface area contributed by atoms with E-state index in [1.54, 1.807) is 37.3 Å². The number of nitrogens with one attached hydrogen (secondary N) is 1. The molecule has 1 fully saturated rings. The fraction of sp³-hybridized carbons (Fsp3) is 0.394. The summed E-state index contributed by atoms with van der Waals surface area (Å²) in [5.41, 5.74) is 3.65. The Balaban J connectivity index is 1.75. The minimum Gasteiger partial charge on any atom is -0.352 e. The number of hydrogen-bond acceptors (Lipinski definition) is 4. The van der Waals surface area contributed by atoms with Crippen LogP contribution in [0.2, 0.25) is 5.02 Å². The van der Waals surface area contributed by atoms with Crippen LogP contribution in [0.3, 0.4) is 0 Å². The maximum absolute atomic E-state index is 14.3. The number of benzene rings is 3. The molecule has 224 valence electrons. The van der Waals surface area contributed by atoms with Gasteiger partial charge in [0.15, 0.2) is 0 Å². The Labute approximate surface area is 254 Å². The van der Waals surface area contributed by atoms with Crippen molar-refractivity contribution in [2.24, 2.45) is 0 Å². The van der Waals surface area contributed by atoms with E-state index in [0.29, 0.717) is 22.7 Å². The third-order valence-electron chi connectivity index (χ3n) is 8.09. The maximum atomic E-state index is 14.3. The van der Waals surface area contributed by atoms with Gasteiger partial charge in [0.1, 0.15) is 12.6 Å². The molecule has 0 spiro atoms. The summed E-state index contributed by atoms with van der Waals surface area (Å²) < 4.78 is 29.3. The van der Waals surface area contributed by atoms with Crippen LogP contribution in [0, 0.1) is 20.8 Å². The lowest BCUT2D eigenvalue weighted by Crippen LogP contribution is -2.53. The van der Waals surface area contributed by atoms with Crippen LogP contribution in [0.25, 0.3) is 0 Å². The number of sulfonamides is 1. The van der Waals surface area contributed by atoms with E-state index in [2.05, 4.69) is 5.32 Å². The van der Waals surface area contributed by atoms with Crippen LogP contribution < -0.4 is 9.62 Å². The summed E-state index contributed by atoms with van der Waals surface area (Å²) in [5, 5.41) is 3.54. The molecule has 3 aromatic rings. The number of hydrogen-bond donors (Lipinski definition) is 1. The van der Waals surface area contributed by atoms with E-state index in [0.717, 1.165) is 46.7 Å². The van der Waals surface area contributed by atoms with Gasteiger partial charge in [-0.25, -0.2) is 8.42 Å². The minimum absolute atomic E-state index is 0.0664. The predicted octanol–water partition coefficient (Wildman–Crippen LogP) is 6.33. The Morgan fingerprint density at radius 3 is 2.26 bits per heavy atom. The van der Waals surface area contributed by atoms with Crippen molar-refractivity contribution in [1.29, 1.82) is 0 Å². The topological polar surface area (TPSA) is 86.8 Å². The molecule has 1 N–H and O–H groups in total. The molecule has 1 saturated carbocycles. The third-order valence-corrected chi connectivity index (χ3v) is 10.3. The Kier molecular flexibility index (Phi) is 10.3. The van der Waals surface area contributed by atoms with E-state index in [1.807, 2.05) is 45.0 Å². The number of halogens is 1. The standard InChI is InChI=1S/C33H40ClN3O4S/c1-5-30(33(39)35-27-13-8-9-14-27)36(21-26-12-7-6-11-24(26)3)32(38)22-37(31-16-10-15-29(34)25(31)4)42(40,41)28-19-17-23(2)18-20-28/h6-7,10-12,15-20,27,30H,5,8-9,13-14,21-22H2,1-4H3,(H,35,39)/t30-/m0/s1. The molecular weight excluding hydrogens is 570 g/mol. The molecule has 2 amide bonds. The summed E-state index contributed by atoms with van der Waals surface area (Å²) in [4.78, 5) is 29.5. The van der Waals surface area contributed by atoms with E-state index >= 15 is 0 Å². The SMILES string of the molecule is CC[C@@H](C(=O)NC1CCCC1)N(Cc1ccccc1C)C(=O)CN(c1cccc(Cl)c1C)S(=O)(=O)c1ccc(C)cc1. The second-order valence-electron chi connectivity index (χ2n) is 11.1. The Hall–Kier alpha value is -3.36. The average molecular weight is 610 g/mol. The van der Waals surface area contributed by atoms with Crippen molar-refractivity contribution in [1.82, 2.24) is 10.2 Å². The van der Waals surface area contributed by atoms with Crippen LogP contribution in [0.5, 0.6) is 0 Å². The molecule has 0 saturated heterocycles. The Bertz CT molecular complexity index is 1520. The summed E-state index contributed by atoms with van der Waals surface area (Å²) in [5.74, 6) is -0.681. The summed E-state index contributed by atoms with van der Waals surface area (Å²) in [6.45, 7) is 7.13. The second-order valence-corrected chi connectivity index (χ2v) is 13.3. The molecule has 3 aromatic carbocycles. The molecule has 7 nitrogen and oxygen atoms in total. The number of rotatable bonds is 11. The zero-order chi connectivity index (χ0) is 30.4. The molecule has 42 heavy (non-hydrogen) atoms. The quantitative estimate of drug-likeness (QED) is 0.275. The summed E-state index contributed by atoms with van der Waals surface area (Å²) in [7, 11) is -4.16. The molecule has 0 aliphatic heterocycles. The van der Waals surface area contributed by atoms with E-state index in [9.17, 15) is 18.0 Å². The predicted molar refractivity (Wildman–Crippen MR) is 168 cm³/mol. The number of amides is 2.